The molecule has 2 fully saturated rings. The van der Waals surface area contributed by atoms with E-state index >= 15 is 0 Å². The minimum atomic E-state index is 0.313. The quantitative estimate of drug-likeness (QED) is 0.892. The molecule has 2 N–H and O–H groups in total. The third kappa shape index (κ3) is 3.22. The van der Waals surface area contributed by atoms with Gasteiger partial charge in [-0.15, -0.1) is 0 Å². The second-order valence-electron chi connectivity index (χ2n) is 7.42. The van der Waals surface area contributed by atoms with Crippen LogP contribution in [0, 0.1) is 5.92 Å². The molecule has 1 saturated heterocycles. The third-order valence-corrected chi connectivity index (χ3v) is 5.87. The van der Waals surface area contributed by atoms with Gasteiger partial charge in [-0.1, -0.05) is 6.42 Å². The number of hydrogen-bond donors (Lipinski definition) is 2. The molecule has 2 aliphatic carbocycles. The van der Waals surface area contributed by atoms with Gasteiger partial charge in [-0.05, 0) is 50.9 Å². The van der Waals surface area contributed by atoms with Crippen molar-refractivity contribution in [3.8, 4) is 0 Å². The Morgan fingerprint density at radius 3 is 2.65 bits per heavy atom. The highest BCUT2D eigenvalue weighted by molar-refractivity contribution is 5.36. The molecular weight excluding hydrogens is 288 g/mol. The Labute approximate surface area is 138 Å². The van der Waals surface area contributed by atoms with E-state index in [-0.39, 0.29) is 0 Å². The summed E-state index contributed by atoms with van der Waals surface area (Å²) >= 11 is 0. The van der Waals surface area contributed by atoms with Gasteiger partial charge in [0.2, 0.25) is 5.95 Å². The van der Waals surface area contributed by atoms with Crippen LogP contribution in [-0.2, 0) is 6.42 Å². The fourth-order valence-corrected chi connectivity index (χ4v) is 4.04. The molecule has 2 heterocycles. The molecule has 126 valence electrons. The van der Waals surface area contributed by atoms with Crippen LogP contribution in [0.25, 0.3) is 0 Å². The number of piperidine rings is 1. The first-order valence-electron chi connectivity index (χ1n) is 9.31. The van der Waals surface area contributed by atoms with Gasteiger partial charge in [-0.3, -0.25) is 0 Å². The van der Waals surface area contributed by atoms with Gasteiger partial charge in [0, 0.05) is 43.5 Å². The van der Waals surface area contributed by atoms with Crippen LogP contribution in [0.2, 0.25) is 0 Å². The average molecular weight is 316 g/mol. The summed E-state index contributed by atoms with van der Waals surface area (Å²) in [5.41, 5.74) is 2.58. The summed E-state index contributed by atoms with van der Waals surface area (Å²) in [5.74, 6) is 1.35. The molecule has 0 unspecified atom stereocenters. The Bertz CT molecular complexity index is 538. The summed E-state index contributed by atoms with van der Waals surface area (Å²) in [4.78, 5) is 11.9. The molecule has 0 bridgehead atoms. The fourth-order valence-electron chi connectivity index (χ4n) is 4.04. The number of nitrogens with one attached hydrogen (secondary N) is 1. The van der Waals surface area contributed by atoms with E-state index in [1.165, 1.54) is 43.4 Å². The summed E-state index contributed by atoms with van der Waals surface area (Å²) in [6.07, 6.45) is 11.7. The Kier molecular flexibility index (Phi) is 4.49. The molecule has 1 aliphatic heterocycles. The second-order valence-corrected chi connectivity index (χ2v) is 7.42. The van der Waals surface area contributed by atoms with E-state index in [0.717, 1.165) is 38.3 Å². The molecule has 1 atom stereocenters. The number of hydrogen-bond acceptors (Lipinski definition) is 5. The van der Waals surface area contributed by atoms with Crippen molar-refractivity contribution >= 4 is 5.95 Å². The Morgan fingerprint density at radius 1 is 1.13 bits per heavy atom. The van der Waals surface area contributed by atoms with E-state index in [1.54, 1.807) is 0 Å². The van der Waals surface area contributed by atoms with Crippen LogP contribution in [-0.4, -0.2) is 40.8 Å². The molecule has 5 nitrogen and oxygen atoms in total. The van der Waals surface area contributed by atoms with Crippen LogP contribution in [0.4, 0.5) is 5.95 Å². The van der Waals surface area contributed by atoms with Gasteiger partial charge in [0.25, 0.3) is 0 Å². The van der Waals surface area contributed by atoms with Crippen LogP contribution in [0.1, 0.15) is 62.2 Å². The Balaban J connectivity index is 1.47. The smallest absolute Gasteiger partial charge is 0.225 e. The zero-order chi connectivity index (χ0) is 15.6. The van der Waals surface area contributed by atoms with Gasteiger partial charge in [0.15, 0.2) is 0 Å². The second kappa shape index (κ2) is 6.73. The molecule has 1 aromatic rings. The Morgan fingerprint density at radius 2 is 1.96 bits per heavy atom. The van der Waals surface area contributed by atoms with E-state index in [4.69, 9.17) is 4.98 Å². The number of rotatable bonds is 4. The number of aliphatic hydroxyl groups is 1. The van der Waals surface area contributed by atoms with Gasteiger partial charge >= 0.3 is 0 Å². The largest absolute Gasteiger partial charge is 0.396 e. The topological polar surface area (TPSA) is 61.3 Å². The van der Waals surface area contributed by atoms with Crippen LogP contribution < -0.4 is 10.2 Å². The van der Waals surface area contributed by atoms with E-state index < -0.39 is 0 Å². The highest BCUT2D eigenvalue weighted by Crippen LogP contribution is 2.32. The van der Waals surface area contributed by atoms with E-state index in [1.807, 2.05) is 0 Å². The summed E-state index contributed by atoms with van der Waals surface area (Å²) in [6, 6.07) is 1.17. The lowest BCUT2D eigenvalue weighted by atomic mass is 9.87. The van der Waals surface area contributed by atoms with Crippen molar-refractivity contribution < 1.29 is 5.11 Å². The number of fused-ring (bicyclic) bond motifs is 1. The zero-order valence-corrected chi connectivity index (χ0v) is 13.9. The molecule has 0 amide bonds. The molecule has 1 aromatic heterocycles. The monoisotopic (exact) mass is 316 g/mol. The normalized spacial score (nSPS) is 26.0. The minimum Gasteiger partial charge on any atom is -0.396 e. The maximum atomic E-state index is 9.28. The summed E-state index contributed by atoms with van der Waals surface area (Å²) in [6.45, 7) is 2.24. The van der Waals surface area contributed by atoms with Crippen molar-refractivity contribution in [1.29, 1.82) is 0 Å². The van der Waals surface area contributed by atoms with E-state index in [2.05, 4.69) is 21.4 Å². The molecule has 0 aromatic carbocycles. The lowest BCUT2D eigenvalue weighted by Gasteiger charge is -2.35. The van der Waals surface area contributed by atoms with Crippen molar-refractivity contribution in [2.24, 2.45) is 5.92 Å². The van der Waals surface area contributed by atoms with Crippen LogP contribution in [0.3, 0.4) is 0 Å². The van der Waals surface area contributed by atoms with Crippen molar-refractivity contribution in [2.45, 2.75) is 63.5 Å². The van der Waals surface area contributed by atoms with E-state index in [9.17, 15) is 5.11 Å². The number of aliphatic hydroxyl groups excluding tert-OH is 1. The first kappa shape index (κ1) is 15.3. The first-order chi connectivity index (χ1) is 11.3. The summed E-state index contributed by atoms with van der Waals surface area (Å²) in [5, 5.41) is 13.1. The fraction of sp³-hybridized carbons (Fsp3) is 0.778. The average Bonchev–Trinajstić information content (AvgIpc) is 2.58. The highest BCUT2D eigenvalue weighted by Gasteiger charge is 2.28. The summed E-state index contributed by atoms with van der Waals surface area (Å²) < 4.78 is 0. The van der Waals surface area contributed by atoms with Crippen molar-refractivity contribution in [2.75, 3.05) is 24.6 Å². The summed E-state index contributed by atoms with van der Waals surface area (Å²) in [7, 11) is 0. The maximum absolute atomic E-state index is 9.28. The highest BCUT2D eigenvalue weighted by atomic mass is 16.3. The van der Waals surface area contributed by atoms with Crippen LogP contribution >= 0.6 is 0 Å². The number of aryl methyl sites for hydroxylation is 1. The van der Waals surface area contributed by atoms with Gasteiger partial charge in [0.05, 0.1) is 5.69 Å². The van der Waals surface area contributed by atoms with Crippen LogP contribution in [0.15, 0.2) is 6.20 Å². The predicted octanol–water partition coefficient (Wildman–Crippen LogP) is 2.20. The van der Waals surface area contributed by atoms with Gasteiger partial charge < -0.3 is 15.3 Å². The molecule has 1 saturated carbocycles. The SMILES string of the molecule is OCC1CCN(c2ncc3c(n2)CCC[C@@H]3NC2CCC2)CC1. The zero-order valence-electron chi connectivity index (χ0n) is 13.9. The lowest BCUT2D eigenvalue weighted by Crippen LogP contribution is -2.40. The molecule has 3 aliphatic rings. The van der Waals surface area contributed by atoms with Crippen molar-refractivity contribution in [3.63, 3.8) is 0 Å². The Hall–Kier alpha value is -1.20. The molecule has 5 heteroatoms. The van der Waals surface area contributed by atoms with Crippen molar-refractivity contribution in [3.05, 3.63) is 17.5 Å². The molecule has 4 rings (SSSR count). The minimum absolute atomic E-state index is 0.313. The molecule has 0 radical (unpaired) electrons. The van der Waals surface area contributed by atoms with Gasteiger partial charge in [-0.2, -0.15) is 0 Å². The standard InChI is InChI=1S/C18H28N4O/c23-12-13-7-9-22(10-8-13)18-19-11-15-16(20-14-3-1-4-14)5-2-6-17(15)21-18/h11,13-14,16,20,23H,1-10,12H2/t16-/m0/s1. The van der Waals surface area contributed by atoms with Gasteiger partial charge in [-0.25, -0.2) is 9.97 Å². The number of aromatic nitrogens is 2. The molecule has 23 heavy (non-hydrogen) atoms. The lowest BCUT2D eigenvalue weighted by molar-refractivity contribution is 0.202. The van der Waals surface area contributed by atoms with Crippen molar-refractivity contribution in [1.82, 2.24) is 15.3 Å². The van der Waals surface area contributed by atoms with E-state index in [0.29, 0.717) is 24.6 Å². The van der Waals surface area contributed by atoms with Gasteiger partial charge in [0.1, 0.15) is 0 Å². The maximum Gasteiger partial charge on any atom is 0.225 e. The third-order valence-electron chi connectivity index (χ3n) is 5.87. The first-order valence-corrected chi connectivity index (χ1v) is 9.31. The molecule has 0 spiro atoms. The predicted molar refractivity (Wildman–Crippen MR) is 90.5 cm³/mol. The molecular formula is C18H28N4O. The number of nitrogens with zero attached hydrogens (tertiary/aromatic N) is 3. The number of anilines is 1. The van der Waals surface area contributed by atoms with Crippen LogP contribution in [0.5, 0.6) is 0 Å².